The van der Waals surface area contributed by atoms with E-state index in [0.29, 0.717) is 0 Å². The van der Waals surface area contributed by atoms with Crippen molar-refractivity contribution in [3.8, 4) is 5.75 Å². The van der Waals surface area contributed by atoms with Gasteiger partial charge in [0.15, 0.2) is 0 Å². The number of hydrogen-bond donors (Lipinski definition) is 0. The van der Waals surface area contributed by atoms with Gasteiger partial charge in [-0.05, 0) is 43.9 Å². The molecule has 2 aliphatic heterocycles. The van der Waals surface area contributed by atoms with Crippen LogP contribution in [0, 0.1) is 6.92 Å². The molecule has 3 heterocycles. The van der Waals surface area contributed by atoms with Gasteiger partial charge in [0.1, 0.15) is 23.2 Å². The molecule has 2 saturated heterocycles. The molecule has 0 N–H and O–H groups in total. The average molecular weight is 382 g/mol. The Morgan fingerprint density at radius 3 is 2.07 bits per heavy atom. The SMILES string of the molecule is COc1ccc(CCN2CCN(c3cc(N4CCCC4)nc(C)n3)CC2)cc1. The highest BCUT2D eigenvalue weighted by atomic mass is 16.5. The lowest BCUT2D eigenvalue weighted by Gasteiger charge is -2.35. The van der Waals surface area contributed by atoms with Gasteiger partial charge in [-0.15, -0.1) is 0 Å². The first-order valence-corrected chi connectivity index (χ1v) is 10.4. The third kappa shape index (κ3) is 4.55. The van der Waals surface area contributed by atoms with Gasteiger partial charge in [0.25, 0.3) is 0 Å². The molecular formula is C22H31N5O. The molecule has 0 atom stereocenters. The van der Waals surface area contributed by atoms with Gasteiger partial charge in [-0.2, -0.15) is 0 Å². The topological polar surface area (TPSA) is 44.7 Å². The van der Waals surface area contributed by atoms with E-state index >= 15 is 0 Å². The Labute approximate surface area is 168 Å². The lowest BCUT2D eigenvalue weighted by atomic mass is 10.1. The maximum absolute atomic E-state index is 5.24. The second-order valence-electron chi connectivity index (χ2n) is 7.75. The Kier molecular flexibility index (Phi) is 5.95. The number of aromatic nitrogens is 2. The molecule has 1 aromatic carbocycles. The maximum Gasteiger partial charge on any atom is 0.134 e. The van der Waals surface area contributed by atoms with Crippen molar-refractivity contribution in [2.45, 2.75) is 26.2 Å². The van der Waals surface area contributed by atoms with Crippen LogP contribution in [0.4, 0.5) is 11.6 Å². The number of benzene rings is 1. The summed E-state index contributed by atoms with van der Waals surface area (Å²) in [6.45, 7) is 9.56. The molecule has 6 nitrogen and oxygen atoms in total. The van der Waals surface area contributed by atoms with Crippen LogP contribution in [0.15, 0.2) is 30.3 Å². The summed E-state index contributed by atoms with van der Waals surface area (Å²) in [5.41, 5.74) is 1.37. The van der Waals surface area contributed by atoms with E-state index in [2.05, 4.69) is 37.9 Å². The number of methoxy groups -OCH3 is 1. The normalized spacial score (nSPS) is 17.9. The fourth-order valence-electron chi connectivity index (χ4n) is 4.09. The van der Waals surface area contributed by atoms with Crippen molar-refractivity contribution in [3.05, 3.63) is 41.7 Å². The van der Waals surface area contributed by atoms with Gasteiger partial charge in [-0.1, -0.05) is 12.1 Å². The van der Waals surface area contributed by atoms with Crippen molar-refractivity contribution in [1.82, 2.24) is 14.9 Å². The summed E-state index contributed by atoms with van der Waals surface area (Å²) in [6, 6.07) is 10.6. The number of anilines is 2. The molecule has 2 fully saturated rings. The van der Waals surface area contributed by atoms with Crippen LogP contribution in [0.5, 0.6) is 5.75 Å². The summed E-state index contributed by atoms with van der Waals surface area (Å²) in [5.74, 6) is 3.98. The van der Waals surface area contributed by atoms with Crippen molar-refractivity contribution in [2.75, 3.05) is 62.7 Å². The molecular weight excluding hydrogens is 350 g/mol. The van der Waals surface area contributed by atoms with Crippen molar-refractivity contribution >= 4 is 11.6 Å². The minimum Gasteiger partial charge on any atom is -0.497 e. The zero-order valence-electron chi connectivity index (χ0n) is 17.1. The Hall–Kier alpha value is -2.34. The van der Waals surface area contributed by atoms with Gasteiger partial charge in [-0.25, -0.2) is 9.97 Å². The van der Waals surface area contributed by atoms with E-state index in [1.165, 1.54) is 18.4 Å². The Balaban J connectivity index is 1.31. The molecule has 2 aliphatic rings. The Morgan fingerprint density at radius 2 is 1.46 bits per heavy atom. The molecule has 0 spiro atoms. The van der Waals surface area contributed by atoms with E-state index in [1.807, 2.05) is 19.1 Å². The van der Waals surface area contributed by atoms with Gasteiger partial charge in [-0.3, -0.25) is 4.90 Å². The molecule has 0 unspecified atom stereocenters. The van der Waals surface area contributed by atoms with E-state index < -0.39 is 0 Å². The van der Waals surface area contributed by atoms with Crippen molar-refractivity contribution in [3.63, 3.8) is 0 Å². The second-order valence-corrected chi connectivity index (χ2v) is 7.75. The lowest BCUT2D eigenvalue weighted by Crippen LogP contribution is -2.47. The lowest BCUT2D eigenvalue weighted by molar-refractivity contribution is 0.260. The van der Waals surface area contributed by atoms with E-state index in [-0.39, 0.29) is 0 Å². The number of nitrogens with zero attached hydrogens (tertiary/aromatic N) is 5. The Bertz CT molecular complexity index is 765. The van der Waals surface area contributed by atoms with Crippen molar-refractivity contribution in [2.24, 2.45) is 0 Å². The van der Waals surface area contributed by atoms with Crippen LogP contribution in [0.1, 0.15) is 24.2 Å². The summed E-state index contributed by atoms with van der Waals surface area (Å²) in [4.78, 5) is 16.8. The molecule has 0 radical (unpaired) electrons. The fraction of sp³-hybridized carbons (Fsp3) is 0.545. The van der Waals surface area contributed by atoms with Crippen molar-refractivity contribution in [1.29, 1.82) is 0 Å². The number of aryl methyl sites for hydroxylation is 1. The molecule has 28 heavy (non-hydrogen) atoms. The van der Waals surface area contributed by atoms with Crippen LogP contribution in [0.25, 0.3) is 0 Å². The quantitative estimate of drug-likeness (QED) is 0.767. The molecule has 0 amide bonds. The largest absolute Gasteiger partial charge is 0.497 e. The van der Waals surface area contributed by atoms with Crippen LogP contribution in [-0.4, -0.2) is 67.8 Å². The Morgan fingerprint density at radius 1 is 0.857 bits per heavy atom. The van der Waals surface area contributed by atoms with E-state index in [9.17, 15) is 0 Å². The first kappa shape index (κ1) is 19.0. The van der Waals surface area contributed by atoms with Crippen LogP contribution in [0.2, 0.25) is 0 Å². The third-order valence-corrected chi connectivity index (χ3v) is 5.81. The third-order valence-electron chi connectivity index (χ3n) is 5.81. The zero-order chi connectivity index (χ0) is 19.3. The predicted molar refractivity (Wildman–Crippen MR) is 114 cm³/mol. The van der Waals surface area contributed by atoms with E-state index in [4.69, 9.17) is 9.72 Å². The number of hydrogen-bond acceptors (Lipinski definition) is 6. The van der Waals surface area contributed by atoms with Crippen LogP contribution < -0.4 is 14.5 Å². The molecule has 2 aromatic rings. The highest BCUT2D eigenvalue weighted by Crippen LogP contribution is 2.23. The highest BCUT2D eigenvalue weighted by Gasteiger charge is 2.21. The zero-order valence-corrected chi connectivity index (χ0v) is 17.1. The highest BCUT2D eigenvalue weighted by molar-refractivity contribution is 5.51. The number of piperazine rings is 1. The smallest absolute Gasteiger partial charge is 0.134 e. The van der Waals surface area contributed by atoms with Gasteiger partial charge in [0.2, 0.25) is 0 Å². The molecule has 6 heteroatoms. The summed E-state index contributed by atoms with van der Waals surface area (Å²) in [5, 5.41) is 0. The van der Waals surface area contributed by atoms with Gasteiger partial charge >= 0.3 is 0 Å². The molecule has 150 valence electrons. The van der Waals surface area contributed by atoms with Crippen molar-refractivity contribution < 1.29 is 4.74 Å². The van der Waals surface area contributed by atoms with Gasteiger partial charge in [0.05, 0.1) is 7.11 Å². The first-order valence-electron chi connectivity index (χ1n) is 10.4. The van der Waals surface area contributed by atoms with Gasteiger partial charge in [0, 0.05) is 51.9 Å². The molecule has 0 saturated carbocycles. The molecule has 4 rings (SSSR count). The average Bonchev–Trinajstić information content (AvgIpc) is 3.28. The summed E-state index contributed by atoms with van der Waals surface area (Å²) >= 11 is 0. The first-order chi connectivity index (χ1) is 13.7. The fourth-order valence-corrected chi connectivity index (χ4v) is 4.09. The molecule has 1 aromatic heterocycles. The predicted octanol–water partition coefficient (Wildman–Crippen LogP) is 2.76. The number of ether oxygens (including phenoxy) is 1. The van der Waals surface area contributed by atoms with E-state index in [1.54, 1.807) is 7.11 Å². The minimum absolute atomic E-state index is 0.876. The van der Waals surface area contributed by atoms with Crippen LogP contribution in [0.3, 0.4) is 0 Å². The van der Waals surface area contributed by atoms with E-state index in [0.717, 1.165) is 75.4 Å². The minimum atomic E-state index is 0.876. The number of rotatable bonds is 6. The van der Waals surface area contributed by atoms with Crippen LogP contribution in [-0.2, 0) is 6.42 Å². The monoisotopic (exact) mass is 381 g/mol. The standard InChI is InChI=1S/C22H31N5O/c1-18-23-21(26-10-3-4-11-26)17-22(24-18)27-15-13-25(14-16-27)12-9-19-5-7-20(28-2)8-6-19/h5-8,17H,3-4,9-16H2,1-2H3. The van der Waals surface area contributed by atoms with Gasteiger partial charge < -0.3 is 14.5 Å². The van der Waals surface area contributed by atoms with Crippen LogP contribution >= 0.6 is 0 Å². The molecule has 0 aliphatic carbocycles. The maximum atomic E-state index is 5.24. The summed E-state index contributed by atoms with van der Waals surface area (Å²) in [6.07, 6.45) is 3.62. The molecule has 0 bridgehead atoms. The second kappa shape index (κ2) is 8.78. The summed E-state index contributed by atoms with van der Waals surface area (Å²) < 4.78 is 5.24. The summed E-state index contributed by atoms with van der Waals surface area (Å²) in [7, 11) is 1.71.